The highest BCUT2D eigenvalue weighted by Gasteiger charge is 2.04. The molecule has 0 fully saturated rings. The third-order valence-corrected chi connectivity index (χ3v) is 1.98. The Morgan fingerprint density at radius 2 is 2.24 bits per heavy atom. The van der Waals surface area contributed by atoms with Gasteiger partial charge in [0.2, 0.25) is 0 Å². The molecule has 0 bridgehead atoms. The molecule has 0 aromatic heterocycles. The summed E-state index contributed by atoms with van der Waals surface area (Å²) in [5, 5.41) is 0. The summed E-state index contributed by atoms with van der Waals surface area (Å²) in [5.74, 6) is -0.559. The molecule has 0 saturated carbocycles. The number of ether oxygens (including phenoxy) is 2. The molecule has 1 aromatic carbocycles. The molecule has 1 rings (SSSR count). The Labute approximate surface area is 98.9 Å². The van der Waals surface area contributed by atoms with E-state index in [1.54, 1.807) is 13.1 Å². The van der Waals surface area contributed by atoms with Gasteiger partial charge in [0.1, 0.15) is 6.61 Å². The van der Waals surface area contributed by atoms with Crippen molar-refractivity contribution in [2.75, 3.05) is 20.8 Å². The molecule has 0 aliphatic heterocycles. The monoisotopic (exact) mass is 242 g/mol. The third-order valence-electron chi connectivity index (χ3n) is 1.98. The second-order valence-electron chi connectivity index (χ2n) is 3.26. The first-order valence-corrected chi connectivity index (χ1v) is 5.03. The van der Waals surface area contributed by atoms with Crippen molar-refractivity contribution in [2.45, 2.75) is 6.61 Å². The molecule has 0 heterocycles. The summed E-state index contributed by atoms with van der Waals surface area (Å²) < 4.78 is 23.2. The molecule has 5 nitrogen and oxygen atoms in total. The van der Waals surface area contributed by atoms with Gasteiger partial charge in [-0.15, -0.1) is 0 Å². The molecule has 6 heteroatoms. The minimum absolute atomic E-state index is 0.0888. The first-order chi connectivity index (χ1) is 8.17. The highest BCUT2D eigenvalue weighted by atomic mass is 19.1. The van der Waals surface area contributed by atoms with Crippen molar-refractivity contribution in [3.63, 3.8) is 0 Å². The van der Waals surface area contributed by atoms with Crippen molar-refractivity contribution in [2.24, 2.45) is 0 Å². The van der Waals surface area contributed by atoms with Crippen molar-refractivity contribution in [3.8, 4) is 5.75 Å². The van der Waals surface area contributed by atoms with E-state index in [2.05, 4.69) is 10.9 Å². The first kappa shape index (κ1) is 13.4. The van der Waals surface area contributed by atoms with Gasteiger partial charge in [0.25, 0.3) is 5.91 Å². The van der Waals surface area contributed by atoms with Crippen LogP contribution in [0.2, 0.25) is 0 Å². The molecule has 0 radical (unpaired) electrons. The van der Waals surface area contributed by atoms with E-state index in [1.165, 1.54) is 19.2 Å². The van der Waals surface area contributed by atoms with E-state index in [0.717, 1.165) is 0 Å². The van der Waals surface area contributed by atoms with Gasteiger partial charge in [0, 0.05) is 7.05 Å². The van der Waals surface area contributed by atoms with E-state index in [9.17, 15) is 9.18 Å². The maximum Gasteiger partial charge on any atom is 0.260 e. The third kappa shape index (κ3) is 4.38. The number of hydrogen-bond acceptors (Lipinski definition) is 4. The van der Waals surface area contributed by atoms with Gasteiger partial charge in [-0.3, -0.25) is 10.2 Å². The largest absolute Gasteiger partial charge is 0.494 e. The van der Waals surface area contributed by atoms with Crippen LogP contribution in [0.25, 0.3) is 0 Å². The van der Waals surface area contributed by atoms with Crippen molar-refractivity contribution >= 4 is 5.91 Å². The Balaban J connectivity index is 2.42. The Morgan fingerprint density at radius 3 is 2.82 bits per heavy atom. The van der Waals surface area contributed by atoms with Crippen LogP contribution in [0, 0.1) is 5.82 Å². The van der Waals surface area contributed by atoms with Gasteiger partial charge in [0.15, 0.2) is 11.6 Å². The molecule has 0 aliphatic carbocycles. The minimum atomic E-state index is -0.451. The summed E-state index contributed by atoms with van der Waals surface area (Å²) in [6.07, 6.45) is 0. The fourth-order valence-electron chi connectivity index (χ4n) is 1.24. The summed E-state index contributed by atoms with van der Waals surface area (Å²) in [5.41, 5.74) is 5.48. The van der Waals surface area contributed by atoms with Crippen LogP contribution in [0.5, 0.6) is 5.75 Å². The predicted molar refractivity (Wildman–Crippen MR) is 59.8 cm³/mol. The molecule has 94 valence electrons. The molecular weight excluding hydrogens is 227 g/mol. The lowest BCUT2D eigenvalue weighted by molar-refractivity contribution is -0.126. The van der Waals surface area contributed by atoms with E-state index in [4.69, 9.17) is 9.47 Å². The quantitative estimate of drug-likeness (QED) is 0.717. The second-order valence-corrected chi connectivity index (χ2v) is 3.26. The number of hydrogen-bond donors (Lipinski definition) is 2. The van der Waals surface area contributed by atoms with Gasteiger partial charge in [-0.25, -0.2) is 9.82 Å². The number of amides is 1. The number of benzene rings is 1. The van der Waals surface area contributed by atoms with Crippen molar-refractivity contribution in [1.29, 1.82) is 0 Å². The summed E-state index contributed by atoms with van der Waals surface area (Å²) in [7, 11) is 2.98. The van der Waals surface area contributed by atoms with Crippen LogP contribution in [0.15, 0.2) is 18.2 Å². The molecule has 0 saturated heterocycles. The van der Waals surface area contributed by atoms with Gasteiger partial charge < -0.3 is 9.47 Å². The van der Waals surface area contributed by atoms with Crippen LogP contribution < -0.4 is 15.6 Å². The van der Waals surface area contributed by atoms with E-state index in [1.807, 2.05) is 0 Å². The number of methoxy groups -OCH3 is 1. The van der Waals surface area contributed by atoms with Gasteiger partial charge in [-0.05, 0) is 17.7 Å². The number of hydrazine groups is 1. The van der Waals surface area contributed by atoms with E-state index >= 15 is 0 Å². The smallest absolute Gasteiger partial charge is 0.260 e. The fourth-order valence-corrected chi connectivity index (χ4v) is 1.24. The van der Waals surface area contributed by atoms with Crippen molar-refractivity contribution in [1.82, 2.24) is 10.9 Å². The van der Waals surface area contributed by atoms with Crippen LogP contribution >= 0.6 is 0 Å². The highest BCUT2D eigenvalue weighted by molar-refractivity contribution is 5.76. The van der Waals surface area contributed by atoms with Crippen molar-refractivity contribution < 1.29 is 18.7 Å². The lowest BCUT2D eigenvalue weighted by atomic mass is 10.2. The van der Waals surface area contributed by atoms with Crippen LogP contribution in [0.1, 0.15) is 5.56 Å². The Hall–Kier alpha value is -1.66. The Morgan fingerprint density at radius 1 is 1.47 bits per heavy atom. The van der Waals surface area contributed by atoms with E-state index in [-0.39, 0.29) is 24.9 Å². The average molecular weight is 242 g/mol. The molecule has 0 atom stereocenters. The van der Waals surface area contributed by atoms with E-state index in [0.29, 0.717) is 5.56 Å². The first-order valence-electron chi connectivity index (χ1n) is 5.03. The number of halogens is 1. The predicted octanol–water partition coefficient (Wildman–Crippen LogP) is 0.602. The topological polar surface area (TPSA) is 59.6 Å². The molecular formula is C11H15FN2O3. The molecule has 1 aromatic rings. The maximum atomic E-state index is 13.3. The molecule has 1 amide bonds. The van der Waals surface area contributed by atoms with Gasteiger partial charge in [0.05, 0.1) is 13.7 Å². The van der Waals surface area contributed by atoms with E-state index < -0.39 is 5.82 Å². The maximum absolute atomic E-state index is 13.3. The normalized spacial score (nSPS) is 10.1. The van der Waals surface area contributed by atoms with Crippen LogP contribution in [-0.2, 0) is 16.1 Å². The highest BCUT2D eigenvalue weighted by Crippen LogP contribution is 2.17. The minimum Gasteiger partial charge on any atom is -0.494 e. The number of rotatable bonds is 6. The molecule has 0 aliphatic rings. The van der Waals surface area contributed by atoms with Gasteiger partial charge in [-0.2, -0.15) is 0 Å². The molecule has 0 spiro atoms. The SMILES string of the molecule is CNNC(=O)COCc1ccc(OC)c(F)c1. The zero-order valence-corrected chi connectivity index (χ0v) is 9.75. The van der Waals surface area contributed by atoms with Gasteiger partial charge >= 0.3 is 0 Å². The molecule has 0 unspecified atom stereocenters. The summed E-state index contributed by atoms with van der Waals surface area (Å²) in [4.78, 5) is 11.0. The summed E-state index contributed by atoms with van der Waals surface area (Å²) in [6.45, 7) is 0.0759. The number of carbonyl (C=O) groups is 1. The second kappa shape index (κ2) is 6.82. The Kier molecular flexibility index (Phi) is 5.38. The summed E-state index contributed by atoms with van der Waals surface area (Å²) in [6, 6.07) is 4.51. The zero-order chi connectivity index (χ0) is 12.7. The lowest BCUT2D eigenvalue weighted by Crippen LogP contribution is -2.36. The fraction of sp³-hybridized carbons (Fsp3) is 0.364. The van der Waals surface area contributed by atoms with Crippen LogP contribution in [0.4, 0.5) is 4.39 Å². The van der Waals surface area contributed by atoms with Crippen LogP contribution in [-0.4, -0.2) is 26.7 Å². The molecule has 2 N–H and O–H groups in total. The molecule has 17 heavy (non-hydrogen) atoms. The Bertz CT molecular complexity index is 385. The average Bonchev–Trinajstić information content (AvgIpc) is 2.29. The summed E-state index contributed by atoms with van der Waals surface area (Å²) >= 11 is 0. The van der Waals surface area contributed by atoms with Crippen molar-refractivity contribution in [3.05, 3.63) is 29.6 Å². The standard InChI is InChI=1S/C11H15FN2O3/c1-13-14-11(15)7-17-6-8-3-4-10(16-2)9(12)5-8/h3-5,13H,6-7H2,1-2H3,(H,14,15). The van der Waals surface area contributed by atoms with Crippen LogP contribution in [0.3, 0.4) is 0 Å². The van der Waals surface area contributed by atoms with Gasteiger partial charge in [-0.1, -0.05) is 6.07 Å². The zero-order valence-electron chi connectivity index (χ0n) is 9.75. The number of carbonyl (C=O) groups excluding carboxylic acids is 1. The number of nitrogens with one attached hydrogen (secondary N) is 2. The lowest BCUT2D eigenvalue weighted by Gasteiger charge is -2.06.